The van der Waals surface area contributed by atoms with E-state index in [-0.39, 0.29) is 6.04 Å². The maximum atomic E-state index is 12.8. The maximum absolute atomic E-state index is 12.8. The van der Waals surface area contributed by atoms with Crippen LogP contribution in [0.1, 0.15) is 24.0 Å². The van der Waals surface area contributed by atoms with Crippen molar-refractivity contribution in [2.24, 2.45) is 0 Å². The molecule has 1 aliphatic rings. The number of piperidine rings is 1. The molecule has 0 spiro atoms. The number of rotatable bonds is 5. The lowest BCUT2D eigenvalue weighted by atomic mass is 10.1. The molecule has 1 aromatic carbocycles. The molecule has 1 saturated heterocycles. The second-order valence-corrected chi connectivity index (χ2v) is 9.90. The van der Waals surface area contributed by atoms with E-state index in [1.54, 1.807) is 17.4 Å². The summed E-state index contributed by atoms with van der Waals surface area (Å²) < 4.78 is 28.5. The number of aromatic amines is 1. The Morgan fingerprint density at radius 2 is 1.96 bits per heavy atom. The summed E-state index contributed by atoms with van der Waals surface area (Å²) in [6.07, 6.45) is 1.51. The van der Waals surface area contributed by atoms with Gasteiger partial charge in [0.2, 0.25) is 10.0 Å². The fourth-order valence-corrected chi connectivity index (χ4v) is 5.86. The molecule has 1 fully saturated rings. The van der Waals surface area contributed by atoms with Crippen LogP contribution >= 0.6 is 11.3 Å². The van der Waals surface area contributed by atoms with E-state index in [1.165, 1.54) is 0 Å². The average molecular weight is 417 g/mol. The summed E-state index contributed by atoms with van der Waals surface area (Å²) in [6.45, 7) is 5.29. The summed E-state index contributed by atoms with van der Waals surface area (Å²) in [7, 11) is -3.51. The van der Waals surface area contributed by atoms with Crippen molar-refractivity contribution in [3.05, 3.63) is 52.9 Å². The zero-order valence-corrected chi connectivity index (χ0v) is 17.6. The molecule has 3 aromatic rings. The smallest absolute Gasteiger partial charge is 0.241 e. The van der Waals surface area contributed by atoms with Gasteiger partial charge in [0.15, 0.2) is 5.82 Å². The van der Waals surface area contributed by atoms with Crippen LogP contribution in [0.2, 0.25) is 0 Å². The molecule has 6 nitrogen and oxygen atoms in total. The largest absolute Gasteiger partial charge is 0.355 e. The van der Waals surface area contributed by atoms with Gasteiger partial charge < -0.3 is 4.90 Å². The highest BCUT2D eigenvalue weighted by Crippen LogP contribution is 2.27. The molecule has 3 heterocycles. The normalized spacial score (nSPS) is 15.9. The fourth-order valence-electron chi connectivity index (χ4n) is 3.54. The van der Waals surface area contributed by atoms with E-state index in [0.29, 0.717) is 4.90 Å². The summed E-state index contributed by atoms with van der Waals surface area (Å²) in [5.74, 6) is 0.916. The number of anilines is 1. The van der Waals surface area contributed by atoms with E-state index < -0.39 is 10.0 Å². The summed E-state index contributed by atoms with van der Waals surface area (Å²) >= 11 is 1.68. The predicted molar refractivity (Wildman–Crippen MR) is 113 cm³/mol. The Balaban J connectivity index is 1.40. The van der Waals surface area contributed by atoms with Gasteiger partial charge in [-0.05, 0) is 55.3 Å². The monoisotopic (exact) mass is 416 g/mol. The van der Waals surface area contributed by atoms with Gasteiger partial charge in [-0.2, -0.15) is 5.10 Å². The van der Waals surface area contributed by atoms with Gasteiger partial charge in [0.1, 0.15) is 0 Å². The van der Waals surface area contributed by atoms with Gasteiger partial charge in [-0.1, -0.05) is 18.2 Å². The minimum atomic E-state index is -3.51. The summed E-state index contributed by atoms with van der Waals surface area (Å²) in [5.41, 5.74) is 2.73. The molecular formula is C20H24N4O2S2. The van der Waals surface area contributed by atoms with Crippen LogP contribution in [0.3, 0.4) is 0 Å². The van der Waals surface area contributed by atoms with Gasteiger partial charge in [0, 0.05) is 25.2 Å². The molecule has 2 N–H and O–H groups in total. The molecule has 0 saturated carbocycles. The number of H-pyrrole nitrogens is 1. The fraction of sp³-hybridized carbons (Fsp3) is 0.350. The average Bonchev–Trinajstić information content (AvgIpc) is 3.35. The number of hydrogen-bond donors (Lipinski definition) is 2. The van der Waals surface area contributed by atoms with E-state index in [0.717, 1.165) is 53.4 Å². The third-order valence-electron chi connectivity index (χ3n) is 5.12. The van der Waals surface area contributed by atoms with Crippen LogP contribution in [0, 0.1) is 13.8 Å². The van der Waals surface area contributed by atoms with Crippen LogP contribution in [-0.2, 0) is 10.0 Å². The molecule has 148 valence electrons. The van der Waals surface area contributed by atoms with Gasteiger partial charge in [0.25, 0.3) is 0 Å². The van der Waals surface area contributed by atoms with Crippen LogP contribution in [0.15, 0.2) is 46.7 Å². The lowest BCUT2D eigenvalue weighted by Crippen LogP contribution is -2.44. The van der Waals surface area contributed by atoms with E-state index in [2.05, 4.69) is 32.0 Å². The van der Waals surface area contributed by atoms with Gasteiger partial charge in [0.05, 0.1) is 15.5 Å². The van der Waals surface area contributed by atoms with Crippen molar-refractivity contribution in [2.45, 2.75) is 37.6 Å². The molecule has 4 rings (SSSR count). The van der Waals surface area contributed by atoms with Crippen LogP contribution in [0.4, 0.5) is 5.82 Å². The molecule has 0 aliphatic carbocycles. The zero-order valence-electron chi connectivity index (χ0n) is 16.0. The first-order chi connectivity index (χ1) is 13.4. The van der Waals surface area contributed by atoms with Crippen molar-refractivity contribution < 1.29 is 8.42 Å². The van der Waals surface area contributed by atoms with Crippen molar-refractivity contribution in [3.63, 3.8) is 0 Å². The molecule has 0 atom stereocenters. The standard InChI is InChI=1S/C20H24N4O2S2/c1-14-5-6-15(2)19(12-14)28(25,26)23-16-7-9-24(10-8-16)20-13-17(21-22-20)18-4-3-11-27-18/h3-6,11-13,16,23H,7-10H2,1-2H3,(H,21,22). The zero-order chi connectivity index (χ0) is 19.7. The minimum absolute atomic E-state index is 0.0585. The Hall–Kier alpha value is -2.16. The second kappa shape index (κ2) is 7.69. The van der Waals surface area contributed by atoms with Gasteiger partial charge in [-0.25, -0.2) is 13.1 Å². The highest BCUT2D eigenvalue weighted by Gasteiger charge is 2.26. The third-order valence-corrected chi connectivity index (χ3v) is 7.69. The minimum Gasteiger partial charge on any atom is -0.355 e. The highest BCUT2D eigenvalue weighted by molar-refractivity contribution is 7.89. The van der Waals surface area contributed by atoms with Crippen LogP contribution in [0.25, 0.3) is 10.6 Å². The van der Waals surface area contributed by atoms with E-state index in [4.69, 9.17) is 0 Å². The first kappa shape index (κ1) is 19.2. The number of nitrogens with zero attached hydrogens (tertiary/aromatic N) is 2. The number of hydrogen-bond acceptors (Lipinski definition) is 5. The molecule has 0 unspecified atom stereocenters. The van der Waals surface area contributed by atoms with Crippen LogP contribution < -0.4 is 9.62 Å². The molecule has 0 radical (unpaired) electrons. The van der Waals surface area contributed by atoms with Crippen LogP contribution in [-0.4, -0.2) is 37.7 Å². The second-order valence-electron chi connectivity index (χ2n) is 7.27. The molecule has 0 amide bonds. The Kier molecular flexibility index (Phi) is 5.27. The Labute approximate surface area is 169 Å². The number of aromatic nitrogens is 2. The lowest BCUT2D eigenvalue weighted by molar-refractivity contribution is 0.458. The Morgan fingerprint density at radius 1 is 1.18 bits per heavy atom. The first-order valence-electron chi connectivity index (χ1n) is 9.36. The maximum Gasteiger partial charge on any atom is 0.241 e. The molecule has 1 aliphatic heterocycles. The lowest BCUT2D eigenvalue weighted by Gasteiger charge is -2.32. The number of nitrogens with one attached hydrogen (secondary N) is 2. The van der Waals surface area contributed by atoms with Crippen molar-refractivity contribution >= 4 is 27.2 Å². The van der Waals surface area contributed by atoms with Crippen molar-refractivity contribution in [1.29, 1.82) is 0 Å². The van der Waals surface area contributed by atoms with E-state index in [1.807, 2.05) is 37.4 Å². The number of aryl methyl sites for hydroxylation is 2. The van der Waals surface area contributed by atoms with E-state index >= 15 is 0 Å². The summed E-state index contributed by atoms with van der Waals surface area (Å²) in [6, 6.07) is 11.6. The van der Waals surface area contributed by atoms with Gasteiger partial charge in [-0.15, -0.1) is 11.3 Å². The molecule has 28 heavy (non-hydrogen) atoms. The number of sulfonamides is 1. The Morgan fingerprint density at radius 3 is 2.68 bits per heavy atom. The SMILES string of the molecule is Cc1ccc(C)c(S(=O)(=O)NC2CCN(c3cc(-c4cccs4)[nH]n3)CC2)c1. The number of thiophene rings is 1. The van der Waals surface area contributed by atoms with Crippen molar-refractivity contribution in [3.8, 4) is 10.6 Å². The topological polar surface area (TPSA) is 78.1 Å². The highest BCUT2D eigenvalue weighted by atomic mass is 32.2. The summed E-state index contributed by atoms with van der Waals surface area (Å²) in [5, 5.41) is 9.57. The third kappa shape index (κ3) is 3.99. The molecule has 8 heteroatoms. The number of benzene rings is 1. The van der Waals surface area contributed by atoms with Crippen molar-refractivity contribution in [2.75, 3.05) is 18.0 Å². The predicted octanol–water partition coefficient (Wildman–Crippen LogP) is 3.70. The van der Waals surface area contributed by atoms with Gasteiger partial charge in [-0.3, -0.25) is 5.10 Å². The van der Waals surface area contributed by atoms with E-state index in [9.17, 15) is 8.42 Å². The Bertz CT molecular complexity index is 1050. The van der Waals surface area contributed by atoms with Crippen LogP contribution in [0.5, 0.6) is 0 Å². The molecule has 0 bridgehead atoms. The summed E-state index contributed by atoms with van der Waals surface area (Å²) in [4.78, 5) is 3.74. The molecular weight excluding hydrogens is 392 g/mol. The van der Waals surface area contributed by atoms with Gasteiger partial charge >= 0.3 is 0 Å². The quantitative estimate of drug-likeness (QED) is 0.665. The van der Waals surface area contributed by atoms with Crippen molar-refractivity contribution in [1.82, 2.24) is 14.9 Å². The molecule has 2 aromatic heterocycles. The first-order valence-corrected chi connectivity index (χ1v) is 11.7.